The Hall–Kier alpha value is -1.88. The first-order chi connectivity index (χ1) is 11.1. The van der Waals surface area contributed by atoms with Crippen LogP contribution in [0.2, 0.25) is 0 Å². The van der Waals surface area contributed by atoms with Gasteiger partial charge in [-0.05, 0) is 44.1 Å². The fraction of sp³-hybridized carbons (Fsp3) is 0.556. The van der Waals surface area contributed by atoms with Crippen LogP contribution in [0, 0.1) is 0 Å². The maximum absolute atomic E-state index is 11.7. The van der Waals surface area contributed by atoms with E-state index >= 15 is 0 Å². The molecule has 1 aromatic rings. The van der Waals surface area contributed by atoms with Crippen molar-refractivity contribution in [3.63, 3.8) is 0 Å². The normalized spacial score (nSPS) is 11.9. The van der Waals surface area contributed by atoms with Gasteiger partial charge in [0.1, 0.15) is 6.04 Å². The molecule has 1 atom stereocenters. The van der Waals surface area contributed by atoms with Crippen LogP contribution in [-0.2, 0) is 16.0 Å². The number of nitrogens with two attached hydrogens (primary N) is 1. The number of carbonyl (C=O) groups is 2. The zero-order valence-electron chi connectivity index (χ0n) is 13.7. The second-order valence-electron chi connectivity index (χ2n) is 5.84. The number of hydrogen-bond acceptors (Lipinski definition) is 3. The summed E-state index contributed by atoms with van der Waals surface area (Å²) in [6, 6.07) is 9.57. The van der Waals surface area contributed by atoms with E-state index in [1.165, 1.54) is 5.56 Å². The van der Waals surface area contributed by atoms with Gasteiger partial charge in [0, 0.05) is 13.0 Å². The second-order valence-corrected chi connectivity index (χ2v) is 5.84. The number of rotatable bonds is 12. The Morgan fingerprint density at radius 3 is 2.48 bits per heavy atom. The number of nitrogens with one attached hydrogen (secondary N) is 1. The van der Waals surface area contributed by atoms with Gasteiger partial charge in [-0.3, -0.25) is 9.59 Å². The Morgan fingerprint density at radius 2 is 1.78 bits per heavy atom. The molecule has 1 aromatic carbocycles. The first kappa shape index (κ1) is 19.2. The van der Waals surface area contributed by atoms with Crippen molar-refractivity contribution in [2.45, 2.75) is 57.4 Å². The fourth-order valence-corrected chi connectivity index (χ4v) is 2.37. The van der Waals surface area contributed by atoms with Gasteiger partial charge in [0.15, 0.2) is 0 Å². The van der Waals surface area contributed by atoms with Crippen LogP contribution in [0.1, 0.15) is 50.5 Å². The molecule has 0 spiro atoms. The molecule has 128 valence electrons. The van der Waals surface area contributed by atoms with Gasteiger partial charge in [-0.1, -0.05) is 36.8 Å². The summed E-state index contributed by atoms with van der Waals surface area (Å²) in [6.07, 6.45) is 6.61. The van der Waals surface area contributed by atoms with Gasteiger partial charge in [0.2, 0.25) is 5.91 Å². The monoisotopic (exact) mass is 320 g/mol. The number of carboxylic acids is 1. The molecule has 0 aliphatic rings. The third-order valence-corrected chi connectivity index (χ3v) is 3.79. The molecule has 0 unspecified atom stereocenters. The predicted octanol–water partition coefficient (Wildman–Crippen LogP) is 2.49. The number of benzene rings is 1. The van der Waals surface area contributed by atoms with Gasteiger partial charge in [-0.2, -0.15) is 0 Å². The third kappa shape index (κ3) is 9.68. The zero-order chi connectivity index (χ0) is 16.9. The van der Waals surface area contributed by atoms with Gasteiger partial charge in [-0.15, -0.1) is 0 Å². The van der Waals surface area contributed by atoms with Crippen molar-refractivity contribution in [3.8, 4) is 0 Å². The molecule has 5 nitrogen and oxygen atoms in total. The minimum absolute atomic E-state index is 0.0762. The Kier molecular flexibility index (Phi) is 9.71. The summed E-state index contributed by atoms with van der Waals surface area (Å²) in [4.78, 5) is 22.2. The molecule has 4 N–H and O–H groups in total. The first-order valence-corrected chi connectivity index (χ1v) is 8.38. The summed E-state index contributed by atoms with van der Waals surface area (Å²) in [6.45, 7) is 0.592. The lowest BCUT2D eigenvalue weighted by Crippen LogP contribution is -2.30. The van der Waals surface area contributed by atoms with E-state index in [1.54, 1.807) is 0 Å². The molecule has 1 rings (SSSR count). The minimum Gasteiger partial charge on any atom is -0.480 e. The lowest BCUT2D eigenvalue weighted by Gasteiger charge is -2.07. The summed E-state index contributed by atoms with van der Waals surface area (Å²) in [7, 11) is 0. The highest BCUT2D eigenvalue weighted by atomic mass is 16.4. The standard InChI is InChI=1S/C18H28N2O3/c19-16(18(22)23)12-7-8-14-20-17(21)13-6-2-5-11-15-9-3-1-4-10-15/h1,3-4,9-10,16H,2,5-8,11-14,19H2,(H,20,21)(H,22,23)/t16-/m0/s1. The highest BCUT2D eigenvalue weighted by molar-refractivity contribution is 5.75. The smallest absolute Gasteiger partial charge is 0.320 e. The van der Waals surface area contributed by atoms with Gasteiger partial charge in [0.25, 0.3) is 0 Å². The maximum Gasteiger partial charge on any atom is 0.320 e. The molecule has 0 saturated carbocycles. The zero-order valence-corrected chi connectivity index (χ0v) is 13.7. The molecule has 0 bridgehead atoms. The van der Waals surface area contributed by atoms with Crippen molar-refractivity contribution >= 4 is 11.9 Å². The molecule has 1 amide bonds. The quantitative estimate of drug-likeness (QED) is 0.516. The van der Waals surface area contributed by atoms with Gasteiger partial charge < -0.3 is 16.2 Å². The predicted molar refractivity (Wildman–Crippen MR) is 91.1 cm³/mol. The molecule has 0 saturated heterocycles. The largest absolute Gasteiger partial charge is 0.480 e. The number of unbranched alkanes of at least 4 members (excludes halogenated alkanes) is 3. The van der Waals surface area contributed by atoms with E-state index in [9.17, 15) is 9.59 Å². The van der Waals surface area contributed by atoms with E-state index in [4.69, 9.17) is 10.8 Å². The molecule has 0 aliphatic carbocycles. The van der Waals surface area contributed by atoms with E-state index in [0.29, 0.717) is 25.8 Å². The summed E-state index contributed by atoms with van der Waals surface area (Å²) >= 11 is 0. The van der Waals surface area contributed by atoms with Crippen molar-refractivity contribution in [2.24, 2.45) is 5.73 Å². The minimum atomic E-state index is -0.968. The number of carbonyl (C=O) groups excluding carboxylic acids is 1. The molecular formula is C18H28N2O3. The molecule has 0 aliphatic heterocycles. The number of amides is 1. The van der Waals surface area contributed by atoms with E-state index in [-0.39, 0.29) is 5.91 Å². The molecule has 0 aromatic heterocycles. The van der Waals surface area contributed by atoms with Crippen LogP contribution in [0.15, 0.2) is 30.3 Å². The van der Waals surface area contributed by atoms with Crippen LogP contribution in [0.4, 0.5) is 0 Å². The Labute approximate surface area is 138 Å². The SMILES string of the molecule is N[C@@H](CCCCNC(=O)CCCCCc1ccccc1)C(=O)O. The van der Waals surface area contributed by atoms with Crippen LogP contribution in [0.25, 0.3) is 0 Å². The van der Waals surface area contributed by atoms with Crippen LogP contribution < -0.4 is 11.1 Å². The fourth-order valence-electron chi connectivity index (χ4n) is 2.37. The number of aryl methyl sites for hydroxylation is 1. The summed E-state index contributed by atoms with van der Waals surface area (Å²) in [5, 5.41) is 11.5. The van der Waals surface area contributed by atoms with Crippen LogP contribution in [-0.4, -0.2) is 29.6 Å². The molecule has 5 heteroatoms. The summed E-state index contributed by atoms with van der Waals surface area (Å²) in [5.41, 5.74) is 6.75. The van der Waals surface area contributed by atoms with Gasteiger partial charge in [0.05, 0.1) is 0 Å². The van der Waals surface area contributed by atoms with Crippen molar-refractivity contribution in [1.29, 1.82) is 0 Å². The topological polar surface area (TPSA) is 92.4 Å². The van der Waals surface area contributed by atoms with Crippen LogP contribution >= 0.6 is 0 Å². The average Bonchev–Trinajstić information content (AvgIpc) is 2.54. The summed E-state index contributed by atoms with van der Waals surface area (Å²) < 4.78 is 0. The van der Waals surface area contributed by atoms with Crippen molar-refractivity contribution in [1.82, 2.24) is 5.32 Å². The van der Waals surface area contributed by atoms with Crippen molar-refractivity contribution in [3.05, 3.63) is 35.9 Å². The Balaban J connectivity index is 1.93. The molecule has 0 fully saturated rings. The number of hydrogen-bond donors (Lipinski definition) is 3. The Bertz CT molecular complexity index is 463. The van der Waals surface area contributed by atoms with Gasteiger partial charge >= 0.3 is 5.97 Å². The number of aliphatic carboxylic acids is 1. The average molecular weight is 320 g/mol. The molecular weight excluding hydrogens is 292 g/mol. The maximum atomic E-state index is 11.7. The Morgan fingerprint density at radius 1 is 1.04 bits per heavy atom. The third-order valence-electron chi connectivity index (χ3n) is 3.79. The lowest BCUT2D eigenvalue weighted by molar-refractivity contribution is -0.138. The van der Waals surface area contributed by atoms with E-state index in [0.717, 1.165) is 32.1 Å². The second kappa shape index (κ2) is 11.7. The molecule has 23 heavy (non-hydrogen) atoms. The van der Waals surface area contributed by atoms with E-state index < -0.39 is 12.0 Å². The molecule has 0 heterocycles. The molecule has 0 radical (unpaired) electrons. The summed E-state index contributed by atoms with van der Waals surface area (Å²) in [5.74, 6) is -0.892. The number of carboxylic acid groups (broad SMARTS) is 1. The van der Waals surface area contributed by atoms with E-state index in [2.05, 4.69) is 17.4 Å². The lowest BCUT2D eigenvalue weighted by atomic mass is 10.1. The van der Waals surface area contributed by atoms with Crippen LogP contribution in [0.5, 0.6) is 0 Å². The highest BCUT2D eigenvalue weighted by Gasteiger charge is 2.10. The van der Waals surface area contributed by atoms with Crippen molar-refractivity contribution < 1.29 is 14.7 Å². The van der Waals surface area contributed by atoms with Gasteiger partial charge in [-0.25, -0.2) is 0 Å². The first-order valence-electron chi connectivity index (χ1n) is 8.38. The van der Waals surface area contributed by atoms with E-state index in [1.807, 2.05) is 18.2 Å². The highest BCUT2D eigenvalue weighted by Crippen LogP contribution is 2.07. The van der Waals surface area contributed by atoms with Crippen LogP contribution in [0.3, 0.4) is 0 Å². The van der Waals surface area contributed by atoms with Crippen molar-refractivity contribution in [2.75, 3.05) is 6.54 Å².